The molecule has 5 heteroatoms. The minimum absolute atomic E-state index is 0.589. The zero-order valence-electron chi connectivity index (χ0n) is 8.71. The fraction of sp³-hybridized carbons (Fsp3) is 0.0909. The van der Waals surface area contributed by atoms with Crippen molar-refractivity contribution in [2.75, 3.05) is 5.73 Å². The van der Waals surface area contributed by atoms with Crippen LogP contribution in [0.3, 0.4) is 0 Å². The van der Waals surface area contributed by atoms with Gasteiger partial charge in [0.2, 0.25) is 5.82 Å². The van der Waals surface area contributed by atoms with Gasteiger partial charge in [-0.05, 0) is 31.2 Å². The molecule has 0 aromatic carbocycles. The number of furan rings is 1. The summed E-state index contributed by atoms with van der Waals surface area (Å²) in [5.74, 6) is 2.72. The molecule has 0 radical (unpaired) electrons. The van der Waals surface area contributed by atoms with Crippen LogP contribution in [0.5, 0.6) is 0 Å². The van der Waals surface area contributed by atoms with Crippen molar-refractivity contribution in [3.8, 4) is 11.6 Å². The molecule has 5 nitrogen and oxygen atoms in total. The van der Waals surface area contributed by atoms with Crippen LogP contribution in [0.25, 0.3) is 17.2 Å². The van der Waals surface area contributed by atoms with Crippen LogP contribution in [0.1, 0.15) is 5.76 Å². The molecular formula is C11H10N4O. The lowest BCUT2D eigenvalue weighted by Gasteiger charge is -2.00. The number of nitrogens with two attached hydrogens (primary N) is 1. The van der Waals surface area contributed by atoms with Crippen molar-refractivity contribution in [1.82, 2.24) is 14.6 Å². The molecule has 0 amide bonds. The standard InChI is InChI=1S/C11H10N4O/c1-7-5-6-8(16-7)11-14-13-10-4-2-3-9(12)15(10)11/h2-6H,12H2,1H3. The van der Waals surface area contributed by atoms with Crippen LogP contribution < -0.4 is 5.73 Å². The number of fused-ring (bicyclic) bond motifs is 1. The minimum Gasteiger partial charge on any atom is -0.458 e. The highest BCUT2D eigenvalue weighted by molar-refractivity contribution is 5.59. The first kappa shape index (κ1) is 8.96. The third-order valence-corrected chi connectivity index (χ3v) is 2.42. The van der Waals surface area contributed by atoms with Crippen molar-refractivity contribution >= 4 is 11.5 Å². The lowest BCUT2D eigenvalue weighted by atomic mass is 10.4. The third-order valence-electron chi connectivity index (χ3n) is 2.42. The van der Waals surface area contributed by atoms with E-state index in [9.17, 15) is 0 Å². The molecule has 16 heavy (non-hydrogen) atoms. The largest absolute Gasteiger partial charge is 0.458 e. The molecule has 3 aromatic rings. The predicted molar refractivity (Wildman–Crippen MR) is 59.8 cm³/mol. The average molecular weight is 214 g/mol. The quantitative estimate of drug-likeness (QED) is 0.671. The highest BCUT2D eigenvalue weighted by atomic mass is 16.3. The minimum atomic E-state index is 0.589. The normalized spacial score (nSPS) is 11.1. The van der Waals surface area contributed by atoms with E-state index < -0.39 is 0 Å². The molecular weight excluding hydrogens is 204 g/mol. The Bertz CT molecular complexity index is 653. The number of rotatable bonds is 1. The summed E-state index contributed by atoms with van der Waals surface area (Å²) >= 11 is 0. The molecule has 2 N–H and O–H groups in total. The Morgan fingerprint density at radius 2 is 2.06 bits per heavy atom. The number of hydrogen-bond acceptors (Lipinski definition) is 4. The first-order valence-corrected chi connectivity index (χ1v) is 4.92. The van der Waals surface area contributed by atoms with Crippen LogP contribution in [-0.2, 0) is 0 Å². The molecule has 0 unspecified atom stereocenters. The lowest BCUT2D eigenvalue weighted by molar-refractivity contribution is 0.543. The Labute approximate surface area is 91.5 Å². The maximum atomic E-state index is 5.89. The zero-order valence-corrected chi connectivity index (χ0v) is 8.71. The summed E-state index contributed by atoms with van der Waals surface area (Å²) < 4.78 is 7.27. The van der Waals surface area contributed by atoms with E-state index in [1.165, 1.54) is 0 Å². The molecule has 0 bridgehead atoms. The highest BCUT2D eigenvalue weighted by Crippen LogP contribution is 2.22. The number of pyridine rings is 1. The molecule has 0 saturated carbocycles. The monoisotopic (exact) mass is 214 g/mol. The van der Waals surface area contributed by atoms with E-state index >= 15 is 0 Å². The van der Waals surface area contributed by atoms with Gasteiger partial charge >= 0.3 is 0 Å². The molecule has 0 aliphatic heterocycles. The average Bonchev–Trinajstić information content (AvgIpc) is 2.84. The number of aromatic nitrogens is 3. The van der Waals surface area contributed by atoms with Crippen molar-refractivity contribution in [2.45, 2.75) is 6.92 Å². The Balaban J connectivity index is 2.32. The second-order valence-corrected chi connectivity index (χ2v) is 3.58. The molecule has 0 atom stereocenters. The summed E-state index contributed by atoms with van der Waals surface area (Å²) in [6.45, 7) is 1.89. The van der Waals surface area contributed by atoms with Crippen LogP contribution in [0.4, 0.5) is 5.82 Å². The van der Waals surface area contributed by atoms with Crippen molar-refractivity contribution in [2.24, 2.45) is 0 Å². The lowest BCUT2D eigenvalue weighted by Crippen LogP contribution is -1.97. The van der Waals surface area contributed by atoms with Crippen LogP contribution in [-0.4, -0.2) is 14.6 Å². The van der Waals surface area contributed by atoms with Gasteiger partial charge in [-0.15, -0.1) is 10.2 Å². The summed E-state index contributed by atoms with van der Waals surface area (Å²) in [6.07, 6.45) is 0. The summed E-state index contributed by atoms with van der Waals surface area (Å²) in [7, 11) is 0. The number of nitrogen functional groups attached to an aromatic ring is 1. The molecule has 80 valence electrons. The predicted octanol–water partition coefficient (Wildman–Crippen LogP) is 1.88. The highest BCUT2D eigenvalue weighted by Gasteiger charge is 2.12. The maximum Gasteiger partial charge on any atom is 0.205 e. The third kappa shape index (κ3) is 1.18. The van der Waals surface area contributed by atoms with Gasteiger partial charge in [0.1, 0.15) is 11.6 Å². The van der Waals surface area contributed by atoms with Gasteiger partial charge in [-0.3, -0.25) is 4.40 Å². The van der Waals surface area contributed by atoms with Crippen LogP contribution in [0.2, 0.25) is 0 Å². The first-order chi connectivity index (χ1) is 7.75. The van der Waals surface area contributed by atoms with Gasteiger partial charge in [-0.1, -0.05) is 6.07 Å². The topological polar surface area (TPSA) is 69.3 Å². The summed E-state index contributed by atoms with van der Waals surface area (Å²) in [5, 5.41) is 8.12. The van der Waals surface area contributed by atoms with E-state index in [2.05, 4.69) is 10.2 Å². The fourth-order valence-corrected chi connectivity index (χ4v) is 1.68. The number of anilines is 1. The summed E-state index contributed by atoms with van der Waals surface area (Å²) in [5.41, 5.74) is 6.60. The van der Waals surface area contributed by atoms with E-state index in [1.54, 1.807) is 10.5 Å². The van der Waals surface area contributed by atoms with E-state index in [-0.39, 0.29) is 0 Å². The molecule has 0 aliphatic carbocycles. The Morgan fingerprint density at radius 1 is 1.19 bits per heavy atom. The van der Waals surface area contributed by atoms with E-state index in [1.807, 2.05) is 31.2 Å². The van der Waals surface area contributed by atoms with Crippen LogP contribution in [0.15, 0.2) is 34.7 Å². The molecule has 3 rings (SSSR count). The zero-order chi connectivity index (χ0) is 11.1. The van der Waals surface area contributed by atoms with Gasteiger partial charge in [0.25, 0.3) is 0 Å². The summed E-state index contributed by atoms with van der Waals surface area (Å²) in [4.78, 5) is 0. The molecule has 0 spiro atoms. The maximum absolute atomic E-state index is 5.89. The number of hydrogen-bond donors (Lipinski definition) is 1. The number of nitrogens with zero attached hydrogens (tertiary/aromatic N) is 3. The van der Waals surface area contributed by atoms with Gasteiger partial charge in [-0.25, -0.2) is 0 Å². The van der Waals surface area contributed by atoms with Crippen LogP contribution in [0, 0.1) is 6.92 Å². The van der Waals surface area contributed by atoms with Crippen molar-refractivity contribution in [1.29, 1.82) is 0 Å². The Kier molecular flexibility index (Phi) is 1.73. The van der Waals surface area contributed by atoms with Gasteiger partial charge in [0.15, 0.2) is 11.4 Å². The van der Waals surface area contributed by atoms with Crippen LogP contribution >= 0.6 is 0 Å². The van der Waals surface area contributed by atoms with Gasteiger partial charge in [0.05, 0.1) is 0 Å². The number of aryl methyl sites for hydroxylation is 1. The summed E-state index contributed by atoms with van der Waals surface area (Å²) in [6, 6.07) is 9.24. The first-order valence-electron chi connectivity index (χ1n) is 4.92. The second-order valence-electron chi connectivity index (χ2n) is 3.58. The Hall–Kier alpha value is -2.30. The van der Waals surface area contributed by atoms with Gasteiger partial charge in [0, 0.05) is 0 Å². The fourth-order valence-electron chi connectivity index (χ4n) is 1.68. The molecule has 0 aliphatic rings. The molecule has 0 saturated heterocycles. The molecule has 3 aromatic heterocycles. The van der Waals surface area contributed by atoms with Gasteiger partial charge in [-0.2, -0.15) is 0 Å². The van der Waals surface area contributed by atoms with E-state index in [0.717, 1.165) is 5.76 Å². The molecule has 3 heterocycles. The molecule has 0 fully saturated rings. The smallest absolute Gasteiger partial charge is 0.205 e. The SMILES string of the molecule is Cc1ccc(-c2nnc3cccc(N)n23)o1. The Morgan fingerprint density at radius 3 is 2.81 bits per heavy atom. The van der Waals surface area contributed by atoms with Crippen molar-refractivity contribution < 1.29 is 4.42 Å². The second kappa shape index (κ2) is 3.10. The van der Waals surface area contributed by atoms with Crippen molar-refractivity contribution in [3.05, 3.63) is 36.1 Å². The van der Waals surface area contributed by atoms with E-state index in [4.69, 9.17) is 10.2 Å². The van der Waals surface area contributed by atoms with E-state index in [0.29, 0.717) is 23.0 Å². The van der Waals surface area contributed by atoms with Gasteiger partial charge < -0.3 is 10.2 Å². The van der Waals surface area contributed by atoms with Crippen molar-refractivity contribution in [3.63, 3.8) is 0 Å².